The molecule has 0 bridgehead atoms. The molecule has 0 saturated heterocycles. The highest BCUT2D eigenvalue weighted by molar-refractivity contribution is 6.01. The first-order valence-electron chi connectivity index (χ1n) is 4.66. The molecule has 0 aliphatic heterocycles. The quantitative estimate of drug-likeness (QED) is 0.845. The molecule has 2 rings (SSSR count). The summed E-state index contributed by atoms with van der Waals surface area (Å²) in [7, 11) is 1.57. The van der Waals surface area contributed by atoms with Crippen molar-refractivity contribution in [1.82, 2.24) is 9.78 Å². The Bertz CT molecular complexity index is 461. The van der Waals surface area contributed by atoms with Crippen molar-refractivity contribution in [2.75, 3.05) is 12.4 Å². The van der Waals surface area contributed by atoms with Gasteiger partial charge in [-0.25, -0.2) is 4.68 Å². The summed E-state index contributed by atoms with van der Waals surface area (Å²) < 4.78 is 11.4. The van der Waals surface area contributed by atoms with E-state index >= 15 is 0 Å². The van der Waals surface area contributed by atoms with Crippen molar-refractivity contribution in [1.29, 1.82) is 0 Å². The summed E-state index contributed by atoms with van der Waals surface area (Å²) in [5.41, 5.74) is 0.596. The summed E-state index contributed by atoms with van der Waals surface area (Å²) in [4.78, 5) is 11.6. The van der Waals surface area contributed by atoms with E-state index in [1.54, 1.807) is 36.3 Å². The van der Waals surface area contributed by atoms with Crippen molar-refractivity contribution in [2.24, 2.45) is 0 Å². The number of methoxy groups -OCH3 is 1. The van der Waals surface area contributed by atoms with Crippen LogP contribution in [0.1, 0.15) is 10.6 Å². The summed E-state index contributed by atoms with van der Waals surface area (Å²) in [5.74, 6) is -0.0403. The number of rotatable bonds is 4. The Morgan fingerprint density at radius 1 is 1.69 bits per heavy atom. The maximum atomic E-state index is 11.6. The van der Waals surface area contributed by atoms with Crippen LogP contribution in [-0.4, -0.2) is 22.8 Å². The monoisotopic (exact) mass is 221 g/mol. The van der Waals surface area contributed by atoms with Gasteiger partial charge in [-0.2, -0.15) is 5.10 Å². The van der Waals surface area contributed by atoms with Crippen molar-refractivity contribution in [2.45, 2.75) is 6.73 Å². The predicted molar refractivity (Wildman–Crippen MR) is 55.9 cm³/mol. The fourth-order valence-corrected chi connectivity index (χ4v) is 1.23. The van der Waals surface area contributed by atoms with E-state index in [2.05, 4.69) is 10.4 Å². The minimum absolute atomic E-state index is 0.263. The first-order chi connectivity index (χ1) is 7.79. The number of hydrogen-bond acceptors (Lipinski definition) is 4. The third-order valence-electron chi connectivity index (χ3n) is 1.90. The molecule has 2 aromatic rings. The lowest BCUT2D eigenvalue weighted by Gasteiger charge is -1.98. The Balaban J connectivity index is 2.01. The Kier molecular flexibility index (Phi) is 3.02. The third-order valence-corrected chi connectivity index (χ3v) is 1.90. The molecule has 6 heteroatoms. The van der Waals surface area contributed by atoms with Gasteiger partial charge in [0, 0.05) is 7.11 Å². The van der Waals surface area contributed by atoms with Gasteiger partial charge >= 0.3 is 0 Å². The number of anilines is 1. The summed E-state index contributed by atoms with van der Waals surface area (Å²) in [5, 5.41) is 6.64. The molecule has 84 valence electrons. The van der Waals surface area contributed by atoms with Crippen LogP contribution in [0.3, 0.4) is 0 Å². The van der Waals surface area contributed by atoms with Gasteiger partial charge in [0.25, 0.3) is 5.91 Å². The van der Waals surface area contributed by atoms with E-state index in [0.29, 0.717) is 12.4 Å². The zero-order valence-electron chi connectivity index (χ0n) is 8.71. The summed E-state index contributed by atoms with van der Waals surface area (Å²) >= 11 is 0. The molecule has 1 N–H and O–H groups in total. The van der Waals surface area contributed by atoms with Crippen molar-refractivity contribution < 1.29 is 13.9 Å². The van der Waals surface area contributed by atoms with Crippen LogP contribution in [0.5, 0.6) is 0 Å². The average molecular weight is 221 g/mol. The smallest absolute Gasteiger partial charge is 0.291 e. The number of furan rings is 1. The number of amides is 1. The molecular weight excluding hydrogens is 210 g/mol. The second kappa shape index (κ2) is 4.63. The van der Waals surface area contributed by atoms with Crippen molar-refractivity contribution in [3.05, 3.63) is 36.5 Å². The van der Waals surface area contributed by atoms with E-state index in [1.165, 1.54) is 6.26 Å². The zero-order valence-corrected chi connectivity index (χ0v) is 8.71. The lowest BCUT2D eigenvalue weighted by Crippen LogP contribution is -2.10. The second-order valence-electron chi connectivity index (χ2n) is 3.12. The standard InChI is InChI=1S/C10H11N3O3/c1-15-7-13-6-8(5-11-13)12-10(14)9-3-2-4-16-9/h2-6H,7H2,1H3,(H,12,14). The zero-order chi connectivity index (χ0) is 11.4. The highest BCUT2D eigenvalue weighted by Crippen LogP contribution is 2.08. The largest absolute Gasteiger partial charge is 0.459 e. The molecule has 2 heterocycles. The summed E-state index contributed by atoms with van der Waals surface area (Å²) in [6.45, 7) is 0.344. The minimum atomic E-state index is -0.304. The van der Waals surface area contributed by atoms with Crippen molar-refractivity contribution >= 4 is 11.6 Å². The highest BCUT2D eigenvalue weighted by Gasteiger charge is 2.09. The maximum absolute atomic E-state index is 11.6. The van der Waals surface area contributed by atoms with Gasteiger partial charge in [-0.05, 0) is 12.1 Å². The number of hydrogen-bond donors (Lipinski definition) is 1. The molecule has 0 radical (unpaired) electrons. The van der Waals surface area contributed by atoms with Gasteiger partial charge in [-0.15, -0.1) is 0 Å². The Labute approximate surface area is 91.8 Å². The molecule has 0 atom stereocenters. The minimum Gasteiger partial charge on any atom is -0.459 e. The van der Waals surface area contributed by atoms with Crippen LogP contribution in [0.4, 0.5) is 5.69 Å². The molecule has 0 aromatic carbocycles. The average Bonchev–Trinajstić information content (AvgIpc) is 2.89. The molecule has 0 unspecified atom stereocenters. The van der Waals surface area contributed by atoms with E-state index in [9.17, 15) is 4.79 Å². The Hall–Kier alpha value is -2.08. The highest BCUT2D eigenvalue weighted by atomic mass is 16.5. The van der Waals surface area contributed by atoms with Crippen molar-refractivity contribution in [3.8, 4) is 0 Å². The molecular formula is C10H11N3O3. The fraction of sp³-hybridized carbons (Fsp3) is 0.200. The summed E-state index contributed by atoms with van der Waals surface area (Å²) in [6.07, 6.45) is 4.66. The lowest BCUT2D eigenvalue weighted by molar-refractivity contribution is 0.0996. The van der Waals surface area contributed by atoms with E-state index in [4.69, 9.17) is 9.15 Å². The van der Waals surface area contributed by atoms with Gasteiger partial charge < -0.3 is 14.5 Å². The van der Waals surface area contributed by atoms with E-state index < -0.39 is 0 Å². The van der Waals surface area contributed by atoms with Gasteiger partial charge in [-0.1, -0.05) is 0 Å². The molecule has 6 nitrogen and oxygen atoms in total. The second-order valence-corrected chi connectivity index (χ2v) is 3.12. The molecule has 0 spiro atoms. The van der Waals surface area contributed by atoms with Crippen LogP contribution in [-0.2, 0) is 11.5 Å². The maximum Gasteiger partial charge on any atom is 0.291 e. The Morgan fingerprint density at radius 2 is 2.56 bits per heavy atom. The van der Waals surface area contributed by atoms with Crippen LogP contribution >= 0.6 is 0 Å². The molecule has 0 aliphatic rings. The van der Waals surface area contributed by atoms with Crippen LogP contribution in [0.15, 0.2) is 35.2 Å². The fourth-order valence-electron chi connectivity index (χ4n) is 1.23. The Morgan fingerprint density at radius 3 is 3.25 bits per heavy atom. The van der Waals surface area contributed by atoms with Crippen LogP contribution < -0.4 is 5.32 Å². The van der Waals surface area contributed by atoms with Gasteiger partial charge in [0.05, 0.1) is 24.3 Å². The number of carbonyl (C=O) groups is 1. The summed E-state index contributed by atoms with van der Waals surface area (Å²) in [6, 6.07) is 3.25. The molecule has 0 saturated carbocycles. The van der Waals surface area contributed by atoms with E-state index in [-0.39, 0.29) is 11.7 Å². The van der Waals surface area contributed by atoms with Gasteiger partial charge in [-0.3, -0.25) is 4.79 Å². The van der Waals surface area contributed by atoms with Crippen molar-refractivity contribution in [3.63, 3.8) is 0 Å². The lowest BCUT2D eigenvalue weighted by atomic mass is 10.4. The number of nitrogens with one attached hydrogen (secondary N) is 1. The number of carbonyl (C=O) groups excluding carboxylic acids is 1. The van der Waals surface area contributed by atoms with Crippen LogP contribution in [0.25, 0.3) is 0 Å². The van der Waals surface area contributed by atoms with Gasteiger partial charge in [0.1, 0.15) is 6.73 Å². The molecule has 1 amide bonds. The number of aromatic nitrogens is 2. The molecule has 2 aromatic heterocycles. The van der Waals surface area contributed by atoms with E-state index in [0.717, 1.165) is 0 Å². The van der Waals surface area contributed by atoms with Gasteiger partial charge in [0.2, 0.25) is 0 Å². The van der Waals surface area contributed by atoms with Crippen LogP contribution in [0.2, 0.25) is 0 Å². The third kappa shape index (κ3) is 2.29. The first kappa shape index (κ1) is 10.4. The SMILES string of the molecule is COCn1cc(NC(=O)c2ccco2)cn1. The molecule has 0 fully saturated rings. The molecule has 0 aliphatic carbocycles. The number of ether oxygens (including phenoxy) is 1. The predicted octanol–water partition coefficient (Wildman–Crippen LogP) is 1.33. The van der Waals surface area contributed by atoms with Gasteiger partial charge in [0.15, 0.2) is 5.76 Å². The van der Waals surface area contributed by atoms with Crippen LogP contribution in [0, 0.1) is 0 Å². The topological polar surface area (TPSA) is 69.3 Å². The first-order valence-corrected chi connectivity index (χ1v) is 4.66. The molecule has 16 heavy (non-hydrogen) atoms. The number of nitrogens with zero attached hydrogens (tertiary/aromatic N) is 2. The normalized spacial score (nSPS) is 10.3. The van der Waals surface area contributed by atoms with E-state index in [1.807, 2.05) is 0 Å².